The third kappa shape index (κ3) is 3.53. The van der Waals surface area contributed by atoms with Crippen molar-refractivity contribution in [1.82, 2.24) is 14.9 Å². The van der Waals surface area contributed by atoms with Gasteiger partial charge in [-0.05, 0) is 37.3 Å². The molecule has 5 nitrogen and oxygen atoms in total. The van der Waals surface area contributed by atoms with Crippen molar-refractivity contribution in [3.05, 3.63) is 41.7 Å². The summed E-state index contributed by atoms with van der Waals surface area (Å²) in [5, 5.41) is 0. The molecular formula is C20H26N4OS. The van der Waals surface area contributed by atoms with E-state index in [1.54, 1.807) is 11.8 Å². The fourth-order valence-electron chi connectivity index (χ4n) is 3.78. The van der Waals surface area contributed by atoms with E-state index in [-0.39, 0.29) is 0 Å². The van der Waals surface area contributed by atoms with Crippen LogP contribution in [0.25, 0.3) is 0 Å². The molecule has 6 heteroatoms. The second-order valence-corrected chi connectivity index (χ2v) is 8.00. The summed E-state index contributed by atoms with van der Waals surface area (Å²) < 4.78 is 5.93. The standard InChI is InChI=1S/C20H26N4OS/c1-14-10-17-5-4-16(11-19(17)25-14)15(2)23-6-8-24(9-7-23)20-21-12-18(26-3)13-22-20/h4-5,11-15H,6-10H2,1-3H3. The topological polar surface area (TPSA) is 41.5 Å². The number of anilines is 1. The fraction of sp³-hybridized carbons (Fsp3) is 0.500. The Balaban J connectivity index is 1.39. The molecule has 1 fully saturated rings. The molecule has 2 aliphatic rings. The molecular weight excluding hydrogens is 344 g/mol. The average molecular weight is 371 g/mol. The van der Waals surface area contributed by atoms with Gasteiger partial charge in [-0.3, -0.25) is 4.90 Å². The van der Waals surface area contributed by atoms with E-state index in [0.717, 1.165) is 49.2 Å². The molecule has 0 amide bonds. The Morgan fingerprint density at radius 2 is 1.88 bits per heavy atom. The monoisotopic (exact) mass is 370 g/mol. The number of hydrogen-bond donors (Lipinski definition) is 0. The maximum Gasteiger partial charge on any atom is 0.225 e. The Morgan fingerprint density at radius 3 is 2.58 bits per heavy atom. The zero-order chi connectivity index (χ0) is 18.1. The molecule has 0 aliphatic carbocycles. The number of ether oxygens (including phenoxy) is 1. The van der Waals surface area contributed by atoms with Crippen LogP contribution in [0.5, 0.6) is 5.75 Å². The normalized spacial score (nSPS) is 21.3. The fourth-order valence-corrected chi connectivity index (χ4v) is 4.09. The number of thioether (sulfide) groups is 1. The van der Waals surface area contributed by atoms with Crippen LogP contribution in [0.3, 0.4) is 0 Å². The molecule has 0 N–H and O–H groups in total. The Hall–Kier alpha value is -1.79. The highest BCUT2D eigenvalue weighted by molar-refractivity contribution is 7.98. The van der Waals surface area contributed by atoms with Gasteiger partial charge in [-0.25, -0.2) is 9.97 Å². The first kappa shape index (κ1) is 17.6. The zero-order valence-electron chi connectivity index (χ0n) is 15.7. The van der Waals surface area contributed by atoms with Gasteiger partial charge in [-0.15, -0.1) is 11.8 Å². The van der Waals surface area contributed by atoms with Crippen molar-refractivity contribution in [3.8, 4) is 5.75 Å². The Labute approximate surface area is 159 Å². The summed E-state index contributed by atoms with van der Waals surface area (Å²) in [4.78, 5) is 14.9. The summed E-state index contributed by atoms with van der Waals surface area (Å²) in [6.45, 7) is 8.38. The summed E-state index contributed by atoms with van der Waals surface area (Å²) in [5.41, 5.74) is 2.68. The van der Waals surface area contributed by atoms with Crippen molar-refractivity contribution in [3.63, 3.8) is 0 Å². The van der Waals surface area contributed by atoms with Crippen LogP contribution in [0.1, 0.15) is 31.0 Å². The first-order valence-corrected chi connectivity index (χ1v) is 10.5. The van der Waals surface area contributed by atoms with E-state index in [2.05, 4.69) is 51.8 Å². The maximum absolute atomic E-state index is 5.93. The summed E-state index contributed by atoms with van der Waals surface area (Å²) in [7, 11) is 0. The molecule has 0 radical (unpaired) electrons. The molecule has 2 aromatic rings. The Bertz CT molecular complexity index is 759. The summed E-state index contributed by atoms with van der Waals surface area (Å²) in [6, 6.07) is 7.13. The van der Waals surface area contributed by atoms with E-state index in [1.165, 1.54) is 11.1 Å². The van der Waals surface area contributed by atoms with E-state index < -0.39 is 0 Å². The van der Waals surface area contributed by atoms with Gasteiger partial charge in [0.25, 0.3) is 0 Å². The van der Waals surface area contributed by atoms with Crippen molar-refractivity contribution in [2.24, 2.45) is 0 Å². The minimum atomic E-state index is 0.302. The zero-order valence-corrected chi connectivity index (χ0v) is 16.5. The second kappa shape index (κ2) is 7.45. The van der Waals surface area contributed by atoms with Gasteiger partial charge in [-0.2, -0.15) is 0 Å². The summed E-state index contributed by atoms with van der Waals surface area (Å²) in [5.74, 6) is 1.91. The van der Waals surface area contributed by atoms with Gasteiger partial charge in [0.2, 0.25) is 5.95 Å². The average Bonchev–Trinajstić information content (AvgIpc) is 3.07. The number of hydrogen-bond acceptors (Lipinski definition) is 6. The van der Waals surface area contributed by atoms with Gasteiger partial charge in [0.1, 0.15) is 11.9 Å². The van der Waals surface area contributed by atoms with Gasteiger partial charge in [0.15, 0.2) is 0 Å². The van der Waals surface area contributed by atoms with Crippen LogP contribution >= 0.6 is 11.8 Å². The number of fused-ring (bicyclic) bond motifs is 1. The molecule has 1 aromatic heterocycles. The number of rotatable bonds is 4. The highest BCUT2D eigenvalue weighted by Gasteiger charge is 2.25. The smallest absolute Gasteiger partial charge is 0.225 e. The van der Waals surface area contributed by atoms with Gasteiger partial charge >= 0.3 is 0 Å². The van der Waals surface area contributed by atoms with Gasteiger partial charge in [0, 0.05) is 55.9 Å². The number of benzene rings is 1. The third-order valence-electron chi connectivity index (χ3n) is 5.40. The van der Waals surface area contributed by atoms with E-state index in [9.17, 15) is 0 Å². The SMILES string of the molecule is CSc1cnc(N2CCN(C(C)c3ccc4c(c3)OC(C)C4)CC2)nc1. The van der Waals surface area contributed by atoms with Crippen LogP contribution in [-0.4, -0.2) is 53.4 Å². The highest BCUT2D eigenvalue weighted by atomic mass is 32.2. The molecule has 3 heterocycles. The lowest BCUT2D eigenvalue weighted by atomic mass is 10.0. The van der Waals surface area contributed by atoms with Crippen LogP contribution in [0.2, 0.25) is 0 Å². The molecule has 1 aromatic carbocycles. The van der Waals surface area contributed by atoms with Crippen molar-refractivity contribution in [1.29, 1.82) is 0 Å². The molecule has 138 valence electrons. The van der Waals surface area contributed by atoms with Gasteiger partial charge < -0.3 is 9.64 Å². The molecule has 0 spiro atoms. The first-order chi connectivity index (χ1) is 12.6. The molecule has 2 aliphatic heterocycles. The third-order valence-corrected chi connectivity index (χ3v) is 6.09. The summed E-state index contributed by atoms with van der Waals surface area (Å²) in [6.07, 6.45) is 7.19. The number of piperazine rings is 1. The second-order valence-electron chi connectivity index (χ2n) is 7.12. The molecule has 0 bridgehead atoms. The minimum Gasteiger partial charge on any atom is -0.490 e. The summed E-state index contributed by atoms with van der Waals surface area (Å²) >= 11 is 1.67. The maximum atomic E-state index is 5.93. The number of nitrogens with zero attached hydrogens (tertiary/aromatic N) is 4. The molecule has 2 atom stereocenters. The minimum absolute atomic E-state index is 0.302. The largest absolute Gasteiger partial charge is 0.490 e. The lowest BCUT2D eigenvalue weighted by Crippen LogP contribution is -2.47. The number of aromatic nitrogens is 2. The van der Waals surface area contributed by atoms with Crippen molar-refractivity contribution in [2.45, 2.75) is 37.3 Å². The molecule has 1 saturated heterocycles. The van der Waals surface area contributed by atoms with E-state index in [0.29, 0.717) is 12.1 Å². The molecule has 2 unspecified atom stereocenters. The molecule has 0 saturated carbocycles. The van der Waals surface area contributed by atoms with Crippen molar-refractivity contribution >= 4 is 17.7 Å². The van der Waals surface area contributed by atoms with Crippen LogP contribution in [-0.2, 0) is 6.42 Å². The van der Waals surface area contributed by atoms with Gasteiger partial charge in [-0.1, -0.05) is 12.1 Å². The predicted molar refractivity (Wildman–Crippen MR) is 106 cm³/mol. The van der Waals surface area contributed by atoms with Crippen molar-refractivity contribution in [2.75, 3.05) is 37.3 Å². The van der Waals surface area contributed by atoms with Gasteiger partial charge in [0.05, 0.1) is 0 Å². The van der Waals surface area contributed by atoms with E-state index in [4.69, 9.17) is 4.74 Å². The highest BCUT2D eigenvalue weighted by Crippen LogP contribution is 2.33. The molecule has 26 heavy (non-hydrogen) atoms. The van der Waals surface area contributed by atoms with E-state index >= 15 is 0 Å². The van der Waals surface area contributed by atoms with Crippen LogP contribution in [0, 0.1) is 0 Å². The van der Waals surface area contributed by atoms with Crippen LogP contribution in [0.15, 0.2) is 35.5 Å². The Morgan fingerprint density at radius 1 is 1.15 bits per heavy atom. The van der Waals surface area contributed by atoms with Crippen molar-refractivity contribution < 1.29 is 4.74 Å². The predicted octanol–water partition coefficient (Wildman–Crippen LogP) is 3.41. The first-order valence-electron chi connectivity index (χ1n) is 9.28. The lowest BCUT2D eigenvalue weighted by Gasteiger charge is -2.38. The van der Waals surface area contributed by atoms with Crippen LogP contribution < -0.4 is 9.64 Å². The quantitative estimate of drug-likeness (QED) is 0.769. The Kier molecular flexibility index (Phi) is 5.05. The molecule has 4 rings (SSSR count). The van der Waals surface area contributed by atoms with Crippen LogP contribution in [0.4, 0.5) is 5.95 Å². The lowest BCUT2D eigenvalue weighted by molar-refractivity contribution is 0.197. The van der Waals surface area contributed by atoms with E-state index in [1.807, 2.05) is 18.6 Å².